The average Bonchev–Trinajstić information content (AvgIpc) is 2.56. The van der Waals surface area contributed by atoms with Gasteiger partial charge in [-0.1, -0.05) is 0 Å². The first-order chi connectivity index (χ1) is 7.59. The number of hydrogen-bond donors (Lipinski definition) is 2. The Kier molecular flexibility index (Phi) is 3.30. The first-order valence-corrected chi connectivity index (χ1v) is 6.59. The van der Waals surface area contributed by atoms with E-state index < -0.39 is 6.04 Å². The van der Waals surface area contributed by atoms with Gasteiger partial charge in [0.15, 0.2) is 0 Å². The van der Waals surface area contributed by atoms with Crippen LogP contribution in [0.2, 0.25) is 0 Å². The molecule has 0 aromatic carbocycles. The maximum atomic E-state index is 11.5. The smallest absolute Gasteiger partial charge is 0.241 e. The largest absolute Gasteiger partial charge is 0.320 e. The van der Waals surface area contributed by atoms with Crippen molar-refractivity contribution in [3.63, 3.8) is 0 Å². The second-order valence-corrected chi connectivity index (χ2v) is 5.55. The van der Waals surface area contributed by atoms with Gasteiger partial charge in [0, 0.05) is 4.88 Å². The molecule has 0 bridgehead atoms. The molecule has 3 N–H and O–H groups in total. The Hall–Kier alpha value is -0.870. The highest BCUT2D eigenvalue weighted by molar-refractivity contribution is 7.16. The van der Waals surface area contributed by atoms with Crippen LogP contribution in [-0.2, 0) is 17.6 Å². The van der Waals surface area contributed by atoms with Crippen LogP contribution in [0.4, 0.5) is 5.00 Å². The van der Waals surface area contributed by atoms with Crippen LogP contribution in [0.5, 0.6) is 0 Å². The molecule has 1 aliphatic carbocycles. The molecule has 1 aromatic heterocycles. The van der Waals surface area contributed by atoms with E-state index in [0.29, 0.717) is 0 Å². The summed E-state index contributed by atoms with van der Waals surface area (Å²) in [5, 5.41) is 3.92. The lowest BCUT2D eigenvalue weighted by atomic mass is 9.96. The van der Waals surface area contributed by atoms with Crippen LogP contribution in [0.25, 0.3) is 0 Å². The number of anilines is 1. The SMILES string of the molecule is Cc1c(NC(=O)[C@@H](C)N)sc2c1CCCC2. The maximum absolute atomic E-state index is 11.5. The highest BCUT2D eigenvalue weighted by atomic mass is 32.1. The van der Waals surface area contributed by atoms with Gasteiger partial charge in [0.2, 0.25) is 5.91 Å². The molecule has 0 unspecified atom stereocenters. The Labute approximate surface area is 100 Å². The van der Waals surface area contributed by atoms with Gasteiger partial charge >= 0.3 is 0 Å². The molecule has 0 aliphatic heterocycles. The second-order valence-electron chi connectivity index (χ2n) is 4.44. The lowest BCUT2D eigenvalue weighted by molar-refractivity contribution is -0.117. The summed E-state index contributed by atoms with van der Waals surface area (Å²) in [5.41, 5.74) is 8.25. The number of amides is 1. The summed E-state index contributed by atoms with van der Waals surface area (Å²) in [7, 11) is 0. The van der Waals surface area contributed by atoms with Gasteiger partial charge in [0.05, 0.1) is 11.0 Å². The molecule has 1 amide bonds. The molecule has 0 fully saturated rings. The number of nitrogens with two attached hydrogens (primary N) is 1. The van der Waals surface area contributed by atoms with Crippen molar-refractivity contribution in [3.8, 4) is 0 Å². The van der Waals surface area contributed by atoms with Crippen molar-refractivity contribution in [1.82, 2.24) is 0 Å². The number of fused-ring (bicyclic) bond motifs is 1. The van der Waals surface area contributed by atoms with Gasteiger partial charge in [-0.25, -0.2) is 0 Å². The minimum absolute atomic E-state index is 0.0957. The Balaban J connectivity index is 2.22. The third-order valence-electron chi connectivity index (χ3n) is 3.09. The standard InChI is InChI=1S/C12H18N2OS/c1-7-9-5-3-4-6-10(9)16-12(7)14-11(15)8(2)13/h8H,3-6,13H2,1-2H3,(H,14,15)/t8-/m1/s1. The van der Waals surface area contributed by atoms with Crippen LogP contribution >= 0.6 is 11.3 Å². The molecule has 1 atom stereocenters. The lowest BCUT2D eigenvalue weighted by Gasteiger charge is -2.10. The number of carbonyl (C=O) groups excluding carboxylic acids is 1. The van der Waals surface area contributed by atoms with Gasteiger partial charge in [0.25, 0.3) is 0 Å². The summed E-state index contributed by atoms with van der Waals surface area (Å²) in [6, 6.07) is -0.446. The van der Waals surface area contributed by atoms with E-state index >= 15 is 0 Å². The van der Waals surface area contributed by atoms with Crippen LogP contribution in [0.15, 0.2) is 0 Å². The summed E-state index contributed by atoms with van der Waals surface area (Å²) in [4.78, 5) is 13.0. The monoisotopic (exact) mass is 238 g/mol. The van der Waals surface area contributed by atoms with E-state index in [2.05, 4.69) is 12.2 Å². The minimum atomic E-state index is -0.446. The van der Waals surface area contributed by atoms with E-state index in [0.717, 1.165) is 17.8 Å². The first kappa shape index (κ1) is 11.6. The number of nitrogens with one attached hydrogen (secondary N) is 1. The third-order valence-corrected chi connectivity index (χ3v) is 4.40. The molecule has 3 nitrogen and oxygen atoms in total. The van der Waals surface area contributed by atoms with Crippen LogP contribution in [0.1, 0.15) is 35.8 Å². The van der Waals surface area contributed by atoms with Crippen LogP contribution < -0.4 is 11.1 Å². The Morgan fingerprint density at radius 3 is 2.75 bits per heavy atom. The van der Waals surface area contributed by atoms with Crippen molar-refractivity contribution >= 4 is 22.2 Å². The number of aryl methyl sites for hydroxylation is 1. The number of carbonyl (C=O) groups is 1. The Bertz CT molecular complexity index is 409. The van der Waals surface area contributed by atoms with Crippen molar-refractivity contribution in [2.24, 2.45) is 5.73 Å². The molecule has 0 radical (unpaired) electrons. The normalized spacial score (nSPS) is 16.7. The Morgan fingerprint density at radius 1 is 1.44 bits per heavy atom. The predicted molar refractivity (Wildman–Crippen MR) is 68.0 cm³/mol. The number of rotatable bonds is 2. The first-order valence-electron chi connectivity index (χ1n) is 5.77. The molecule has 1 aliphatic rings. The van der Waals surface area contributed by atoms with Crippen molar-refractivity contribution in [3.05, 3.63) is 16.0 Å². The predicted octanol–water partition coefficient (Wildman–Crippen LogP) is 2.22. The summed E-state index contributed by atoms with van der Waals surface area (Å²) in [6.45, 7) is 3.80. The number of thiophene rings is 1. The van der Waals surface area contributed by atoms with E-state index in [1.54, 1.807) is 18.3 Å². The molecule has 2 rings (SSSR count). The Morgan fingerprint density at radius 2 is 2.12 bits per heavy atom. The molecule has 1 aromatic rings. The summed E-state index contributed by atoms with van der Waals surface area (Å²) < 4.78 is 0. The summed E-state index contributed by atoms with van der Waals surface area (Å²) in [6.07, 6.45) is 4.86. The number of hydrogen-bond acceptors (Lipinski definition) is 3. The molecule has 16 heavy (non-hydrogen) atoms. The van der Waals surface area contributed by atoms with Crippen molar-refractivity contribution in [2.75, 3.05) is 5.32 Å². The van der Waals surface area contributed by atoms with Gasteiger partial charge in [0.1, 0.15) is 0 Å². The molecule has 0 saturated heterocycles. The van der Waals surface area contributed by atoms with Crippen LogP contribution in [0.3, 0.4) is 0 Å². The van der Waals surface area contributed by atoms with Crippen molar-refractivity contribution in [2.45, 2.75) is 45.6 Å². The minimum Gasteiger partial charge on any atom is -0.320 e. The van der Waals surface area contributed by atoms with E-state index in [1.165, 1.54) is 28.8 Å². The average molecular weight is 238 g/mol. The molecule has 0 saturated carbocycles. The van der Waals surface area contributed by atoms with Crippen molar-refractivity contribution < 1.29 is 4.79 Å². The molecule has 1 heterocycles. The highest BCUT2D eigenvalue weighted by Gasteiger charge is 2.19. The summed E-state index contributed by atoms with van der Waals surface area (Å²) in [5.74, 6) is -0.0957. The fourth-order valence-electron chi connectivity index (χ4n) is 2.07. The van der Waals surface area contributed by atoms with Crippen molar-refractivity contribution in [1.29, 1.82) is 0 Å². The van der Waals surface area contributed by atoms with E-state index in [9.17, 15) is 4.79 Å². The molecule has 0 spiro atoms. The van der Waals surface area contributed by atoms with Gasteiger partial charge in [-0.15, -0.1) is 11.3 Å². The van der Waals surface area contributed by atoms with E-state index in [1.807, 2.05) is 0 Å². The van der Waals surface area contributed by atoms with Gasteiger partial charge in [-0.3, -0.25) is 4.79 Å². The molecular weight excluding hydrogens is 220 g/mol. The zero-order valence-electron chi connectivity index (χ0n) is 9.80. The molecule has 88 valence electrons. The molecular formula is C12H18N2OS. The summed E-state index contributed by atoms with van der Waals surface area (Å²) >= 11 is 1.72. The topological polar surface area (TPSA) is 55.1 Å². The van der Waals surface area contributed by atoms with Gasteiger partial charge in [-0.05, 0) is 50.7 Å². The van der Waals surface area contributed by atoms with E-state index in [-0.39, 0.29) is 5.91 Å². The van der Waals surface area contributed by atoms with E-state index in [4.69, 9.17) is 5.73 Å². The fourth-order valence-corrected chi connectivity index (χ4v) is 3.37. The zero-order valence-corrected chi connectivity index (χ0v) is 10.6. The second kappa shape index (κ2) is 4.55. The van der Waals surface area contributed by atoms with Crippen LogP contribution in [-0.4, -0.2) is 11.9 Å². The lowest BCUT2D eigenvalue weighted by Crippen LogP contribution is -2.32. The van der Waals surface area contributed by atoms with Gasteiger partial charge < -0.3 is 11.1 Å². The fraction of sp³-hybridized carbons (Fsp3) is 0.583. The highest BCUT2D eigenvalue weighted by Crippen LogP contribution is 2.37. The third kappa shape index (κ3) is 2.13. The molecule has 4 heteroatoms. The quantitative estimate of drug-likeness (QED) is 0.830. The maximum Gasteiger partial charge on any atom is 0.241 e. The zero-order chi connectivity index (χ0) is 11.7. The van der Waals surface area contributed by atoms with Crippen LogP contribution in [0, 0.1) is 6.92 Å². The van der Waals surface area contributed by atoms with Gasteiger partial charge in [-0.2, -0.15) is 0 Å².